The smallest absolute Gasteiger partial charge is 0.128 e. The van der Waals surface area contributed by atoms with Gasteiger partial charge in [-0.15, -0.1) is 12.4 Å². The minimum absolute atomic E-state index is 0. The number of rotatable bonds is 5. The van der Waals surface area contributed by atoms with Gasteiger partial charge in [-0.05, 0) is 57.3 Å². The molecule has 1 saturated heterocycles. The number of anilines is 1. The Labute approximate surface area is 135 Å². The van der Waals surface area contributed by atoms with Gasteiger partial charge in [0, 0.05) is 32.4 Å². The van der Waals surface area contributed by atoms with Crippen molar-refractivity contribution in [1.29, 1.82) is 0 Å². The number of nitrogens with zero attached hydrogens (tertiary/aromatic N) is 3. The van der Waals surface area contributed by atoms with Gasteiger partial charge in [-0.3, -0.25) is 4.90 Å². The highest BCUT2D eigenvalue weighted by Gasteiger charge is 2.21. The Kier molecular flexibility index (Phi) is 7.43. The van der Waals surface area contributed by atoms with Crippen molar-refractivity contribution in [3.63, 3.8) is 0 Å². The molecule has 2 rings (SSSR count). The molecule has 0 saturated carbocycles. The van der Waals surface area contributed by atoms with Crippen molar-refractivity contribution in [3.8, 4) is 0 Å². The molecular weight excluding hydrogens is 284 g/mol. The fourth-order valence-corrected chi connectivity index (χ4v) is 2.79. The van der Waals surface area contributed by atoms with Crippen molar-refractivity contribution in [3.05, 3.63) is 23.9 Å². The molecule has 21 heavy (non-hydrogen) atoms. The molecular formula is C16H29ClN4. The Morgan fingerprint density at radius 3 is 2.52 bits per heavy atom. The molecule has 120 valence electrons. The summed E-state index contributed by atoms with van der Waals surface area (Å²) in [5, 5.41) is 0. The van der Waals surface area contributed by atoms with Crippen LogP contribution in [0, 0.1) is 5.92 Å². The zero-order chi connectivity index (χ0) is 14.5. The molecule has 0 radical (unpaired) electrons. The lowest BCUT2D eigenvalue weighted by Gasteiger charge is -2.33. The molecule has 1 atom stereocenters. The minimum Gasteiger partial charge on any atom is -0.360 e. The zero-order valence-corrected chi connectivity index (χ0v) is 14.3. The van der Waals surface area contributed by atoms with E-state index >= 15 is 0 Å². The van der Waals surface area contributed by atoms with Crippen LogP contribution in [-0.2, 0) is 6.54 Å². The van der Waals surface area contributed by atoms with Crippen LogP contribution in [0.4, 0.5) is 5.82 Å². The number of hydrogen-bond acceptors (Lipinski definition) is 4. The van der Waals surface area contributed by atoms with Gasteiger partial charge in [0.2, 0.25) is 0 Å². The molecule has 0 spiro atoms. The van der Waals surface area contributed by atoms with Gasteiger partial charge in [0.25, 0.3) is 0 Å². The van der Waals surface area contributed by atoms with Crippen molar-refractivity contribution in [2.45, 2.75) is 39.3 Å². The first-order chi connectivity index (χ1) is 9.60. The predicted molar refractivity (Wildman–Crippen MR) is 92.1 cm³/mol. The van der Waals surface area contributed by atoms with Crippen LogP contribution in [0.2, 0.25) is 0 Å². The predicted octanol–water partition coefficient (Wildman–Crippen LogP) is 2.52. The van der Waals surface area contributed by atoms with Crippen molar-refractivity contribution < 1.29 is 0 Å². The number of likely N-dealkylation sites (tertiary alicyclic amines) is 1. The first kappa shape index (κ1) is 18.2. The molecule has 2 N–H and O–H groups in total. The Morgan fingerprint density at radius 1 is 1.38 bits per heavy atom. The highest BCUT2D eigenvalue weighted by atomic mass is 35.5. The number of hydrogen-bond donors (Lipinski definition) is 1. The first-order valence-corrected chi connectivity index (χ1v) is 7.74. The summed E-state index contributed by atoms with van der Waals surface area (Å²) in [6, 6.07) is 4.65. The SMILES string of the molecule is CCN(C)c1ccc(CN2CCC(C(C)N)CC2)cn1.Cl. The van der Waals surface area contributed by atoms with E-state index in [4.69, 9.17) is 5.73 Å². The molecule has 0 bridgehead atoms. The van der Waals surface area contributed by atoms with Crippen LogP contribution >= 0.6 is 12.4 Å². The van der Waals surface area contributed by atoms with E-state index < -0.39 is 0 Å². The molecule has 0 amide bonds. The largest absolute Gasteiger partial charge is 0.360 e. The fourth-order valence-electron chi connectivity index (χ4n) is 2.79. The Balaban J connectivity index is 0.00000220. The Morgan fingerprint density at radius 2 is 2.05 bits per heavy atom. The highest BCUT2D eigenvalue weighted by molar-refractivity contribution is 5.85. The molecule has 1 aromatic rings. The number of aromatic nitrogens is 1. The first-order valence-electron chi connectivity index (χ1n) is 7.74. The molecule has 1 aliphatic heterocycles. The van der Waals surface area contributed by atoms with Crippen molar-refractivity contribution in [2.75, 3.05) is 31.6 Å². The molecule has 5 heteroatoms. The van der Waals surface area contributed by atoms with Crippen LogP contribution in [0.3, 0.4) is 0 Å². The topological polar surface area (TPSA) is 45.4 Å². The van der Waals surface area contributed by atoms with E-state index in [2.05, 4.69) is 47.8 Å². The highest BCUT2D eigenvalue weighted by Crippen LogP contribution is 2.21. The maximum Gasteiger partial charge on any atom is 0.128 e. The zero-order valence-electron chi connectivity index (χ0n) is 13.5. The second-order valence-electron chi connectivity index (χ2n) is 6.01. The third kappa shape index (κ3) is 5.13. The van der Waals surface area contributed by atoms with Crippen LogP contribution in [0.5, 0.6) is 0 Å². The normalized spacial score (nSPS) is 18.1. The molecule has 0 aromatic carbocycles. The Bertz CT molecular complexity index is 399. The van der Waals surface area contributed by atoms with Gasteiger partial charge >= 0.3 is 0 Å². The lowest BCUT2D eigenvalue weighted by atomic mass is 9.91. The molecule has 1 unspecified atom stereocenters. The summed E-state index contributed by atoms with van der Waals surface area (Å²) in [5.41, 5.74) is 7.29. The van der Waals surface area contributed by atoms with Gasteiger partial charge in [-0.1, -0.05) is 6.07 Å². The second kappa shape index (κ2) is 8.57. The third-order valence-electron chi connectivity index (χ3n) is 4.46. The van der Waals surface area contributed by atoms with Crippen LogP contribution in [-0.4, -0.2) is 42.6 Å². The molecule has 0 aliphatic carbocycles. The van der Waals surface area contributed by atoms with Crippen LogP contribution in [0.25, 0.3) is 0 Å². The van der Waals surface area contributed by atoms with Crippen LogP contribution in [0.15, 0.2) is 18.3 Å². The number of halogens is 1. The standard InChI is InChI=1S/C16H28N4.ClH/c1-4-19(3)16-6-5-14(11-18-16)12-20-9-7-15(8-10-20)13(2)17;/h5-6,11,13,15H,4,7-10,12,17H2,1-3H3;1H. The van der Waals surface area contributed by atoms with Crippen molar-refractivity contribution in [2.24, 2.45) is 11.7 Å². The average Bonchev–Trinajstić information content (AvgIpc) is 2.48. The van der Waals surface area contributed by atoms with Gasteiger partial charge in [0.05, 0.1) is 0 Å². The van der Waals surface area contributed by atoms with Crippen LogP contribution in [0.1, 0.15) is 32.3 Å². The monoisotopic (exact) mass is 312 g/mol. The number of pyridine rings is 1. The van der Waals surface area contributed by atoms with Gasteiger partial charge in [-0.25, -0.2) is 4.98 Å². The molecule has 4 nitrogen and oxygen atoms in total. The summed E-state index contributed by atoms with van der Waals surface area (Å²) in [7, 11) is 2.07. The molecule has 1 aliphatic rings. The van der Waals surface area contributed by atoms with E-state index in [0.29, 0.717) is 12.0 Å². The van der Waals surface area contributed by atoms with E-state index in [1.54, 1.807) is 0 Å². The quantitative estimate of drug-likeness (QED) is 0.907. The van der Waals surface area contributed by atoms with Gasteiger partial charge in [0.1, 0.15) is 5.82 Å². The maximum absolute atomic E-state index is 5.99. The van der Waals surface area contributed by atoms with Gasteiger partial charge in [-0.2, -0.15) is 0 Å². The third-order valence-corrected chi connectivity index (χ3v) is 4.46. The maximum atomic E-state index is 5.99. The number of piperidine rings is 1. The van der Waals surface area contributed by atoms with E-state index in [1.165, 1.54) is 18.4 Å². The van der Waals surface area contributed by atoms with Crippen molar-refractivity contribution >= 4 is 18.2 Å². The van der Waals surface area contributed by atoms with Gasteiger partial charge < -0.3 is 10.6 Å². The summed E-state index contributed by atoms with van der Waals surface area (Å²) in [4.78, 5) is 9.20. The average molecular weight is 313 g/mol. The lowest BCUT2D eigenvalue weighted by molar-refractivity contribution is 0.165. The lowest BCUT2D eigenvalue weighted by Crippen LogP contribution is -2.39. The van der Waals surface area contributed by atoms with E-state index in [-0.39, 0.29) is 12.4 Å². The summed E-state index contributed by atoms with van der Waals surface area (Å²) in [6.45, 7) is 8.57. The summed E-state index contributed by atoms with van der Waals surface area (Å²) >= 11 is 0. The van der Waals surface area contributed by atoms with Crippen molar-refractivity contribution in [1.82, 2.24) is 9.88 Å². The second-order valence-corrected chi connectivity index (χ2v) is 6.01. The van der Waals surface area contributed by atoms with E-state index in [9.17, 15) is 0 Å². The summed E-state index contributed by atoms with van der Waals surface area (Å²) < 4.78 is 0. The molecule has 2 heterocycles. The molecule has 1 fully saturated rings. The summed E-state index contributed by atoms with van der Waals surface area (Å²) in [6.07, 6.45) is 4.46. The number of nitrogens with two attached hydrogens (primary N) is 1. The summed E-state index contributed by atoms with van der Waals surface area (Å²) in [5.74, 6) is 1.75. The minimum atomic E-state index is 0. The van der Waals surface area contributed by atoms with E-state index in [0.717, 1.165) is 32.0 Å². The van der Waals surface area contributed by atoms with Gasteiger partial charge in [0.15, 0.2) is 0 Å². The molecule has 1 aromatic heterocycles. The fraction of sp³-hybridized carbons (Fsp3) is 0.688. The van der Waals surface area contributed by atoms with E-state index in [1.807, 2.05) is 6.20 Å². The Hall–Kier alpha value is -0.840. The van der Waals surface area contributed by atoms with Crippen LogP contribution < -0.4 is 10.6 Å².